The zero-order valence-electron chi connectivity index (χ0n) is 14.9. The van der Waals surface area contributed by atoms with Gasteiger partial charge in [0.2, 0.25) is 0 Å². The van der Waals surface area contributed by atoms with E-state index in [1.165, 1.54) is 6.07 Å². The fourth-order valence-electron chi connectivity index (χ4n) is 2.90. The molecule has 0 aromatic heterocycles. The summed E-state index contributed by atoms with van der Waals surface area (Å²) in [5.74, 6) is -1.38. The Morgan fingerprint density at radius 1 is 1.00 bits per heavy atom. The molecule has 6 heteroatoms. The molecule has 140 valence electrons. The maximum atomic E-state index is 12.7. The van der Waals surface area contributed by atoms with E-state index >= 15 is 0 Å². The molecular weight excluding hydrogens is 346 g/mol. The normalized spacial score (nSPS) is 15.9. The Labute approximate surface area is 157 Å². The number of hydrogen-bond acceptors (Lipinski definition) is 5. The second-order valence-electron chi connectivity index (χ2n) is 6.26. The minimum absolute atomic E-state index is 0.0221. The SMILES string of the molecule is O=C(COC(=O)c1ccccc1C(=O)c1ccccc1)NC[C@@H]1CCCO1. The number of ketones is 1. The number of carbonyl (C=O) groups is 3. The fraction of sp³-hybridized carbons (Fsp3) is 0.286. The van der Waals surface area contributed by atoms with Crippen molar-refractivity contribution in [3.05, 3.63) is 71.3 Å². The van der Waals surface area contributed by atoms with E-state index < -0.39 is 18.5 Å². The molecule has 1 N–H and O–H groups in total. The predicted molar refractivity (Wildman–Crippen MR) is 98.6 cm³/mol. The van der Waals surface area contributed by atoms with Crippen LogP contribution in [0.2, 0.25) is 0 Å². The van der Waals surface area contributed by atoms with Crippen molar-refractivity contribution >= 4 is 17.7 Å². The Kier molecular flexibility index (Phi) is 6.33. The molecule has 27 heavy (non-hydrogen) atoms. The molecule has 1 heterocycles. The lowest BCUT2D eigenvalue weighted by Gasteiger charge is -2.12. The lowest BCUT2D eigenvalue weighted by atomic mass is 9.98. The van der Waals surface area contributed by atoms with Crippen LogP contribution in [0.15, 0.2) is 54.6 Å². The van der Waals surface area contributed by atoms with Gasteiger partial charge in [0, 0.05) is 24.3 Å². The number of ether oxygens (including phenoxy) is 2. The number of rotatable bonds is 7. The summed E-state index contributed by atoms with van der Waals surface area (Å²) < 4.78 is 10.5. The third-order valence-electron chi connectivity index (χ3n) is 4.31. The van der Waals surface area contributed by atoms with E-state index in [2.05, 4.69) is 5.32 Å². The summed E-state index contributed by atoms with van der Waals surface area (Å²) >= 11 is 0. The number of amides is 1. The first-order chi connectivity index (χ1) is 13.1. The van der Waals surface area contributed by atoms with Crippen molar-refractivity contribution in [3.8, 4) is 0 Å². The van der Waals surface area contributed by atoms with E-state index in [1.807, 2.05) is 6.07 Å². The Hall–Kier alpha value is -2.99. The minimum atomic E-state index is -0.706. The van der Waals surface area contributed by atoms with E-state index in [-0.39, 0.29) is 23.0 Å². The topological polar surface area (TPSA) is 81.7 Å². The van der Waals surface area contributed by atoms with Crippen molar-refractivity contribution in [3.63, 3.8) is 0 Å². The van der Waals surface area contributed by atoms with Crippen LogP contribution in [0.3, 0.4) is 0 Å². The second-order valence-corrected chi connectivity index (χ2v) is 6.26. The van der Waals surface area contributed by atoms with Gasteiger partial charge in [-0.25, -0.2) is 4.79 Å². The summed E-state index contributed by atoms with van der Waals surface area (Å²) in [6.07, 6.45) is 1.92. The summed E-state index contributed by atoms with van der Waals surface area (Å²) in [6.45, 7) is 0.709. The molecule has 1 amide bonds. The van der Waals surface area contributed by atoms with Crippen molar-refractivity contribution in [2.45, 2.75) is 18.9 Å². The molecule has 1 fully saturated rings. The third kappa shape index (κ3) is 5.01. The number of hydrogen-bond donors (Lipinski definition) is 1. The van der Waals surface area contributed by atoms with Crippen molar-refractivity contribution in [2.75, 3.05) is 19.8 Å². The first kappa shape index (κ1) is 18.8. The molecule has 1 aliphatic rings. The lowest BCUT2D eigenvalue weighted by Crippen LogP contribution is -2.34. The van der Waals surface area contributed by atoms with Gasteiger partial charge < -0.3 is 14.8 Å². The van der Waals surface area contributed by atoms with E-state index in [1.54, 1.807) is 42.5 Å². The predicted octanol–water partition coefficient (Wildman–Crippen LogP) is 2.37. The maximum absolute atomic E-state index is 12.7. The summed E-state index contributed by atoms with van der Waals surface area (Å²) in [5.41, 5.74) is 0.860. The van der Waals surface area contributed by atoms with Gasteiger partial charge >= 0.3 is 5.97 Å². The van der Waals surface area contributed by atoms with Crippen LogP contribution in [0, 0.1) is 0 Å². The highest BCUT2D eigenvalue weighted by Gasteiger charge is 2.20. The molecule has 0 spiro atoms. The first-order valence-electron chi connectivity index (χ1n) is 8.89. The van der Waals surface area contributed by atoms with Crippen molar-refractivity contribution < 1.29 is 23.9 Å². The number of benzene rings is 2. The molecule has 3 rings (SSSR count). The average Bonchev–Trinajstić information content (AvgIpc) is 3.24. The zero-order valence-corrected chi connectivity index (χ0v) is 14.9. The van der Waals surface area contributed by atoms with Gasteiger partial charge in [-0.2, -0.15) is 0 Å². The molecule has 0 bridgehead atoms. The molecule has 0 aliphatic carbocycles. The molecule has 1 aliphatic heterocycles. The summed E-state index contributed by atoms with van der Waals surface area (Å²) in [6, 6.07) is 15.1. The van der Waals surface area contributed by atoms with Crippen molar-refractivity contribution in [1.82, 2.24) is 5.32 Å². The second kappa shape index (κ2) is 9.09. The summed E-state index contributed by atoms with van der Waals surface area (Å²) in [7, 11) is 0. The smallest absolute Gasteiger partial charge is 0.339 e. The van der Waals surface area contributed by atoms with Gasteiger partial charge in [-0.15, -0.1) is 0 Å². The number of carbonyl (C=O) groups excluding carboxylic acids is 3. The third-order valence-corrected chi connectivity index (χ3v) is 4.31. The Bertz CT molecular complexity index is 812. The van der Waals surface area contributed by atoms with Crippen molar-refractivity contribution in [1.29, 1.82) is 0 Å². The molecule has 2 aromatic carbocycles. The van der Waals surface area contributed by atoms with Crippen LogP contribution in [0.1, 0.15) is 39.1 Å². The quantitative estimate of drug-likeness (QED) is 0.600. The Morgan fingerprint density at radius 2 is 1.70 bits per heavy atom. The summed E-state index contributed by atoms with van der Waals surface area (Å²) in [5, 5.41) is 2.69. The van der Waals surface area contributed by atoms with Crippen LogP contribution in [-0.2, 0) is 14.3 Å². The van der Waals surface area contributed by atoms with Crippen LogP contribution < -0.4 is 5.32 Å². The maximum Gasteiger partial charge on any atom is 0.339 e. The Balaban J connectivity index is 1.60. The van der Waals surface area contributed by atoms with Gasteiger partial charge in [0.1, 0.15) is 0 Å². The van der Waals surface area contributed by atoms with Crippen LogP contribution in [0.5, 0.6) is 0 Å². The molecule has 6 nitrogen and oxygen atoms in total. The van der Waals surface area contributed by atoms with Gasteiger partial charge in [-0.3, -0.25) is 9.59 Å². The molecule has 0 radical (unpaired) electrons. The van der Waals surface area contributed by atoms with Crippen LogP contribution >= 0.6 is 0 Å². The molecular formula is C21H21NO5. The van der Waals surface area contributed by atoms with Gasteiger partial charge in [0.25, 0.3) is 5.91 Å². The molecule has 0 saturated carbocycles. The summed E-state index contributed by atoms with van der Waals surface area (Å²) in [4.78, 5) is 36.9. The average molecular weight is 367 g/mol. The van der Waals surface area contributed by atoms with Gasteiger partial charge in [-0.1, -0.05) is 48.5 Å². The monoisotopic (exact) mass is 367 g/mol. The van der Waals surface area contributed by atoms with Crippen LogP contribution in [0.25, 0.3) is 0 Å². The highest BCUT2D eigenvalue weighted by atomic mass is 16.5. The number of esters is 1. The highest BCUT2D eigenvalue weighted by molar-refractivity contribution is 6.14. The number of nitrogens with one attached hydrogen (secondary N) is 1. The Morgan fingerprint density at radius 3 is 2.41 bits per heavy atom. The fourth-order valence-corrected chi connectivity index (χ4v) is 2.90. The zero-order chi connectivity index (χ0) is 19.1. The van der Waals surface area contributed by atoms with E-state index in [0.29, 0.717) is 18.7 Å². The van der Waals surface area contributed by atoms with Crippen LogP contribution in [-0.4, -0.2) is 43.5 Å². The van der Waals surface area contributed by atoms with Gasteiger partial charge in [0.05, 0.1) is 11.7 Å². The van der Waals surface area contributed by atoms with Gasteiger partial charge in [-0.05, 0) is 18.9 Å². The van der Waals surface area contributed by atoms with E-state index in [9.17, 15) is 14.4 Å². The van der Waals surface area contributed by atoms with Crippen molar-refractivity contribution in [2.24, 2.45) is 0 Å². The lowest BCUT2D eigenvalue weighted by molar-refractivity contribution is -0.124. The van der Waals surface area contributed by atoms with E-state index in [4.69, 9.17) is 9.47 Å². The molecule has 1 saturated heterocycles. The largest absolute Gasteiger partial charge is 0.452 e. The van der Waals surface area contributed by atoms with Crippen LogP contribution in [0.4, 0.5) is 0 Å². The van der Waals surface area contributed by atoms with E-state index in [0.717, 1.165) is 12.8 Å². The molecule has 0 unspecified atom stereocenters. The standard InChI is InChI=1S/C21H21NO5/c23-19(22-13-16-9-6-12-26-16)14-27-21(25)18-11-5-4-10-17(18)20(24)15-7-2-1-3-8-15/h1-5,7-8,10-11,16H,6,9,12-14H2,(H,22,23)/t16-/m0/s1. The molecule has 1 atom stereocenters. The molecule has 2 aromatic rings. The highest BCUT2D eigenvalue weighted by Crippen LogP contribution is 2.16. The first-order valence-corrected chi connectivity index (χ1v) is 8.89. The van der Waals surface area contributed by atoms with Gasteiger partial charge in [0.15, 0.2) is 12.4 Å². The minimum Gasteiger partial charge on any atom is -0.452 e.